The Bertz CT molecular complexity index is 890. The second-order valence-electron chi connectivity index (χ2n) is 6.37. The van der Waals surface area contributed by atoms with Gasteiger partial charge in [-0.25, -0.2) is 4.68 Å². The normalized spacial score (nSPS) is 18.4. The minimum Gasteiger partial charge on any atom is -0.486 e. The van der Waals surface area contributed by atoms with Gasteiger partial charge in [0.15, 0.2) is 11.5 Å². The van der Waals surface area contributed by atoms with Crippen LogP contribution in [0.2, 0.25) is 0 Å². The molecule has 1 aromatic carbocycles. The van der Waals surface area contributed by atoms with E-state index < -0.39 is 0 Å². The third kappa shape index (κ3) is 3.09. The Kier molecular flexibility index (Phi) is 3.91. The van der Waals surface area contributed by atoms with Gasteiger partial charge in [0.2, 0.25) is 5.91 Å². The lowest BCUT2D eigenvalue weighted by atomic mass is 9.86. The highest BCUT2D eigenvalue weighted by Gasteiger charge is 2.26. The summed E-state index contributed by atoms with van der Waals surface area (Å²) in [6.45, 7) is 1.04. The van der Waals surface area contributed by atoms with Gasteiger partial charge in [-0.05, 0) is 37.0 Å². The Balaban J connectivity index is 1.48. The summed E-state index contributed by atoms with van der Waals surface area (Å²) in [5, 5.41) is 7.22. The van der Waals surface area contributed by atoms with E-state index in [1.54, 1.807) is 31.3 Å². The maximum atomic E-state index is 12.6. The predicted octanol–water partition coefficient (Wildman–Crippen LogP) is 1.30. The summed E-state index contributed by atoms with van der Waals surface area (Å²) in [5.41, 5.74) is 2.32. The van der Waals surface area contributed by atoms with Crippen molar-refractivity contribution in [1.82, 2.24) is 9.78 Å². The Morgan fingerprint density at radius 1 is 1.24 bits per heavy atom. The van der Waals surface area contributed by atoms with E-state index in [4.69, 9.17) is 9.47 Å². The standard InChI is InChI=1S/C18H19N3O4/c1-21-17(22)9-12-8-11(2-4-14(12)20-21)18(23)19-13-3-5-15-16(10-13)25-7-6-24-15/h3,5,9-11H,2,4,6-8H2,1H3,(H,19,23)/t11-/m1/s1. The van der Waals surface area contributed by atoms with E-state index in [-0.39, 0.29) is 17.4 Å². The van der Waals surface area contributed by atoms with Crippen molar-refractivity contribution in [1.29, 1.82) is 0 Å². The minimum atomic E-state index is -0.172. The fraction of sp³-hybridized carbons (Fsp3) is 0.389. The maximum absolute atomic E-state index is 12.6. The van der Waals surface area contributed by atoms with Gasteiger partial charge in [-0.15, -0.1) is 0 Å². The van der Waals surface area contributed by atoms with Crippen molar-refractivity contribution in [2.45, 2.75) is 19.3 Å². The lowest BCUT2D eigenvalue weighted by molar-refractivity contribution is -0.120. The Morgan fingerprint density at radius 2 is 2.04 bits per heavy atom. The van der Waals surface area contributed by atoms with Gasteiger partial charge in [-0.3, -0.25) is 9.59 Å². The molecule has 0 spiro atoms. The molecule has 1 aliphatic heterocycles. The number of benzene rings is 1. The highest BCUT2D eigenvalue weighted by Crippen LogP contribution is 2.33. The number of anilines is 1. The molecule has 0 saturated heterocycles. The summed E-state index contributed by atoms with van der Waals surface area (Å²) >= 11 is 0. The molecule has 1 amide bonds. The summed E-state index contributed by atoms with van der Waals surface area (Å²) in [5.74, 6) is 1.11. The number of rotatable bonds is 2. The second kappa shape index (κ2) is 6.23. The number of nitrogens with one attached hydrogen (secondary N) is 1. The molecule has 2 aromatic rings. The molecule has 25 heavy (non-hydrogen) atoms. The Morgan fingerprint density at radius 3 is 2.88 bits per heavy atom. The molecular formula is C18H19N3O4. The molecule has 7 heteroatoms. The van der Waals surface area contributed by atoms with Crippen LogP contribution in [0.15, 0.2) is 29.1 Å². The first-order chi connectivity index (χ1) is 12.1. The average Bonchev–Trinajstić information content (AvgIpc) is 2.62. The Labute approximate surface area is 144 Å². The number of hydrogen-bond acceptors (Lipinski definition) is 5. The van der Waals surface area contributed by atoms with Crippen LogP contribution in [-0.4, -0.2) is 28.9 Å². The molecule has 2 aliphatic rings. The van der Waals surface area contributed by atoms with E-state index in [0.717, 1.165) is 11.3 Å². The van der Waals surface area contributed by atoms with Gasteiger partial charge in [0.05, 0.1) is 5.69 Å². The zero-order valence-corrected chi connectivity index (χ0v) is 13.9. The molecule has 0 saturated carbocycles. The van der Waals surface area contributed by atoms with E-state index in [2.05, 4.69) is 10.4 Å². The van der Waals surface area contributed by atoms with Crippen molar-refractivity contribution in [3.8, 4) is 11.5 Å². The Hall–Kier alpha value is -2.83. The fourth-order valence-corrected chi connectivity index (χ4v) is 3.28. The SMILES string of the molecule is Cn1nc2c(cc1=O)C[C@H](C(=O)Nc1ccc3c(c1)OCCO3)CC2. The molecule has 1 N–H and O–H groups in total. The largest absolute Gasteiger partial charge is 0.486 e. The summed E-state index contributed by atoms with van der Waals surface area (Å²) in [6, 6.07) is 6.97. The number of ether oxygens (including phenoxy) is 2. The van der Waals surface area contributed by atoms with E-state index >= 15 is 0 Å². The molecular weight excluding hydrogens is 322 g/mol. The summed E-state index contributed by atoms with van der Waals surface area (Å²) in [7, 11) is 1.64. The van der Waals surface area contributed by atoms with Crippen molar-refractivity contribution in [3.05, 3.63) is 45.9 Å². The number of amides is 1. The van der Waals surface area contributed by atoms with Crippen LogP contribution in [0.3, 0.4) is 0 Å². The molecule has 0 fully saturated rings. The van der Waals surface area contributed by atoms with Crippen LogP contribution in [0.1, 0.15) is 17.7 Å². The quantitative estimate of drug-likeness (QED) is 0.890. The van der Waals surface area contributed by atoms with Crippen molar-refractivity contribution in [3.63, 3.8) is 0 Å². The average molecular weight is 341 g/mol. The van der Waals surface area contributed by atoms with Crippen LogP contribution in [0.25, 0.3) is 0 Å². The molecule has 7 nitrogen and oxygen atoms in total. The van der Waals surface area contributed by atoms with Crippen LogP contribution >= 0.6 is 0 Å². The van der Waals surface area contributed by atoms with Crippen LogP contribution in [0.5, 0.6) is 11.5 Å². The van der Waals surface area contributed by atoms with E-state index in [1.165, 1.54) is 4.68 Å². The van der Waals surface area contributed by atoms with Crippen LogP contribution in [0, 0.1) is 5.92 Å². The zero-order chi connectivity index (χ0) is 17.4. The van der Waals surface area contributed by atoms with Gasteiger partial charge in [-0.1, -0.05) is 0 Å². The second-order valence-corrected chi connectivity index (χ2v) is 6.37. The molecule has 0 radical (unpaired) electrons. The van der Waals surface area contributed by atoms with E-state index in [1.807, 2.05) is 0 Å². The van der Waals surface area contributed by atoms with E-state index in [0.29, 0.717) is 49.7 Å². The lowest BCUT2D eigenvalue weighted by Crippen LogP contribution is -2.31. The highest BCUT2D eigenvalue weighted by atomic mass is 16.6. The van der Waals surface area contributed by atoms with Crippen molar-refractivity contribution >= 4 is 11.6 Å². The monoisotopic (exact) mass is 341 g/mol. The van der Waals surface area contributed by atoms with Gasteiger partial charge in [0, 0.05) is 30.8 Å². The highest BCUT2D eigenvalue weighted by molar-refractivity contribution is 5.93. The van der Waals surface area contributed by atoms with Gasteiger partial charge >= 0.3 is 0 Å². The summed E-state index contributed by atoms with van der Waals surface area (Å²) in [4.78, 5) is 24.4. The first-order valence-electron chi connectivity index (χ1n) is 8.37. The molecule has 0 bridgehead atoms. The molecule has 1 atom stereocenters. The number of hydrogen-bond donors (Lipinski definition) is 1. The number of nitrogens with zero attached hydrogens (tertiary/aromatic N) is 2. The third-order valence-corrected chi connectivity index (χ3v) is 4.63. The van der Waals surface area contributed by atoms with Gasteiger partial charge in [0.25, 0.3) is 5.56 Å². The first-order valence-corrected chi connectivity index (χ1v) is 8.37. The number of aryl methyl sites for hydroxylation is 2. The van der Waals surface area contributed by atoms with Gasteiger partial charge in [0.1, 0.15) is 13.2 Å². The maximum Gasteiger partial charge on any atom is 0.266 e. The van der Waals surface area contributed by atoms with Crippen LogP contribution in [0.4, 0.5) is 5.69 Å². The van der Waals surface area contributed by atoms with Crippen molar-refractivity contribution < 1.29 is 14.3 Å². The number of fused-ring (bicyclic) bond motifs is 2. The molecule has 4 rings (SSSR count). The van der Waals surface area contributed by atoms with Crippen molar-refractivity contribution in [2.24, 2.45) is 13.0 Å². The summed E-state index contributed by atoms with van der Waals surface area (Å²) in [6.07, 6.45) is 1.95. The predicted molar refractivity (Wildman–Crippen MR) is 91.1 cm³/mol. The minimum absolute atomic E-state index is 0.0528. The molecule has 0 unspecified atom stereocenters. The number of aromatic nitrogens is 2. The van der Waals surface area contributed by atoms with Gasteiger partial charge in [-0.2, -0.15) is 5.10 Å². The number of carbonyl (C=O) groups is 1. The fourth-order valence-electron chi connectivity index (χ4n) is 3.28. The topological polar surface area (TPSA) is 82.5 Å². The van der Waals surface area contributed by atoms with Gasteiger partial charge < -0.3 is 14.8 Å². The smallest absolute Gasteiger partial charge is 0.266 e. The molecule has 1 aromatic heterocycles. The molecule has 1 aliphatic carbocycles. The number of carbonyl (C=O) groups excluding carboxylic acids is 1. The van der Waals surface area contributed by atoms with Crippen molar-refractivity contribution in [2.75, 3.05) is 18.5 Å². The first kappa shape index (κ1) is 15.7. The van der Waals surface area contributed by atoms with E-state index in [9.17, 15) is 9.59 Å². The third-order valence-electron chi connectivity index (χ3n) is 4.63. The lowest BCUT2D eigenvalue weighted by Gasteiger charge is -2.24. The van der Waals surface area contributed by atoms with Crippen LogP contribution in [-0.2, 0) is 24.7 Å². The zero-order valence-electron chi connectivity index (χ0n) is 13.9. The van der Waals surface area contributed by atoms with Crippen LogP contribution < -0.4 is 20.3 Å². The molecule has 130 valence electrons. The summed E-state index contributed by atoms with van der Waals surface area (Å²) < 4.78 is 12.4. The molecule has 2 heterocycles.